The third-order valence-corrected chi connectivity index (χ3v) is 6.78. The monoisotopic (exact) mass is 475 g/mol. The van der Waals surface area contributed by atoms with E-state index in [0.717, 1.165) is 17.7 Å². The number of piperidine rings is 1. The predicted molar refractivity (Wildman–Crippen MR) is 129 cm³/mol. The van der Waals surface area contributed by atoms with Gasteiger partial charge < -0.3 is 19.5 Å². The van der Waals surface area contributed by atoms with E-state index in [1.807, 2.05) is 18.2 Å². The van der Waals surface area contributed by atoms with Crippen molar-refractivity contribution < 1.29 is 18.7 Å². The van der Waals surface area contributed by atoms with Gasteiger partial charge in [0, 0.05) is 36.8 Å². The van der Waals surface area contributed by atoms with Crippen LogP contribution in [0.15, 0.2) is 65.5 Å². The molecule has 0 aliphatic carbocycles. The molecule has 2 aliphatic heterocycles. The number of hydrogen-bond donors (Lipinski definition) is 1. The van der Waals surface area contributed by atoms with Crippen molar-refractivity contribution in [2.24, 2.45) is 5.92 Å². The fourth-order valence-electron chi connectivity index (χ4n) is 5.11. The molecule has 0 saturated carbocycles. The fourth-order valence-corrected chi connectivity index (χ4v) is 5.11. The quantitative estimate of drug-likeness (QED) is 0.613. The van der Waals surface area contributed by atoms with Gasteiger partial charge in [0.15, 0.2) is 0 Å². The lowest BCUT2D eigenvalue weighted by atomic mass is 9.83. The largest absolute Gasteiger partial charge is 0.497 e. The maximum atomic E-state index is 13.2. The Balaban J connectivity index is 1.30. The van der Waals surface area contributed by atoms with Gasteiger partial charge in [0.1, 0.15) is 17.3 Å². The van der Waals surface area contributed by atoms with E-state index in [-0.39, 0.29) is 47.1 Å². The number of benzene rings is 2. The van der Waals surface area contributed by atoms with E-state index < -0.39 is 0 Å². The number of ether oxygens (including phenoxy) is 1. The van der Waals surface area contributed by atoms with Crippen LogP contribution in [0.25, 0.3) is 0 Å². The summed E-state index contributed by atoms with van der Waals surface area (Å²) in [5.41, 5.74) is 2.18. The molecule has 1 saturated heterocycles. The molecule has 2 bridgehead atoms. The molecule has 3 aromatic rings. The number of halogens is 1. The second-order valence-corrected chi connectivity index (χ2v) is 9.18. The van der Waals surface area contributed by atoms with E-state index in [2.05, 4.69) is 5.32 Å². The maximum absolute atomic E-state index is 13.2. The van der Waals surface area contributed by atoms with Crippen LogP contribution < -0.4 is 15.6 Å². The van der Waals surface area contributed by atoms with Crippen LogP contribution in [-0.2, 0) is 17.8 Å². The summed E-state index contributed by atoms with van der Waals surface area (Å²) in [5, 5.41) is 2.76. The van der Waals surface area contributed by atoms with E-state index in [1.54, 1.807) is 34.8 Å². The lowest BCUT2D eigenvalue weighted by Gasteiger charge is -2.43. The van der Waals surface area contributed by atoms with Crippen LogP contribution in [0.2, 0.25) is 0 Å². The Morgan fingerprint density at radius 2 is 1.74 bits per heavy atom. The fraction of sp³-hybridized carbons (Fsp3) is 0.296. The minimum absolute atomic E-state index is 0.0312. The first-order valence-corrected chi connectivity index (χ1v) is 11.6. The molecule has 180 valence electrons. The Morgan fingerprint density at radius 1 is 1.00 bits per heavy atom. The molecule has 0 unspecified atom stereocenters. The highest BCUT2D eigenvalue weighted by Crippen LogP contribution is 2.36. The number of carbonyl (C=O) groups is 2. The molecule has 2 aromatic carbocycles. The number of nitrogens with one attached hydrogen (secondary N) is 1. The summed E-state index contributed by atoms with van der Waals surface area (Å²) in [6.45, 7) is 1.52. The number of amides is 2. The standard InChI is InChI=1S/C27H26FN3O4/c1-35-22-8-2-17(3-9-22)13-25(32)29-23-10-11-24-20-12-18(15-31(24)27(23)34)14-30(16-20)26(33)19-4-6-21(28)7-5-19/h2-11,18,20H,12-16H2,1H3,(H,29,32)/t18-,20+/m0/s1. The highest BCUT2D eigenvalue weighted by Gasteiger charge is 2.37. The van der Waals surface area contributed by atoms with E-state index >= 15 is 0 Å². The summed E-state index contributed by atoms with van der Waals surface area (Å²) in [5.74, 6) is 0.109. The molecular formula is C27H26FN3O4. The molecule has 1 aromatic heterocycles. The average Bonchev–Trinajstić information content (AvgIpc) is 2.86. The van der Waals surface area contributed by atoms with E-state index in [4.69, 9.17) is 4.74 Å². The van der Waals surface area contributed by atoms with Crippen LogP contribution in [0.1, 0.15) is 34.0 Å². The second-order valence-electron chi connectivity index (χ2n) is 9.18. The number of carbonyl (C=O) groups excluding carboxylic acids is 2. The molecule has 5 rings (SSSR count). The summed E-state index contributed by atoms with van der Waals surface area (Å²) >= 11 is 0. The Labute approximate surface area is 202 Å². The first-order chi connectivity index (χ1) is 16.9. The highest BCUT2D eigenvalue weighted by molar-refractivity contribution is 5.94. The summed E-state index contributed by atoms with van der Waals surface area (Å²) in [6, 6.07) is 16.3. The van der Waals surface area contributed by atoms with Gasteiger partial charge in [0.2, 0.25) is 5.91 Å². The number of pyridine rings is 1. The lowest BCUT2D eigenvalue weighted by Crippen LogP contribution is -2.49. The van der Waals surface area contributed by atoms with Crippen molar-refractivity contribution in [3.05, 3.63) is 93.7 Å². The Morgan fingerprint density at radius 3 is 2.46 bits per heavy atom. The smallest absolute Gasteiger partial charge is 0.274 e. The molecule has 0 radical (unpaired) electrons. The SMILES string of the molecule is COc1ccc(CC(=O)Nc2ccc3n(c2=O)C[C@H]2C[C@@H]3CN(C(=O)c3ccc(F)cc3)C2)cc1. The van der Waals surface area contributed by atoms with Gasteiger partial charge in [-0.15, -0.1) is 0 Å². The van der Waals surface area contributed by atoms with Crippen molar-refractivity contribution in [1.82, 2.24) is 9.47 Å². The van der Waals surface area contributed by atoms with Crippen molar-refractivity contribution in [1.29, 1.82) is 0 Å². The molecule has 35 heavy (non-hydrogen) atoms. The predicted octanol–water partition coefficient (Wildman–Crippen LogP) is 3.44. The minimum Gasteiger partial charge on any atom is -0.497 e. The number of nitrogens with zero attached hydrogens (tertiary/aromatic N) is 2. The number of methoxy groups -OCH3 is 1. The number of hydrogen-bond acceptors (Lipinski definition) is 4. The number of anilines is 1. The molecule has 7 nitrogen and oxygen atoms in total. The first-order valence-electron chi connectivity index (χ1n) is 11.6. The van der Waals surface area contributed by atoms with E-state index in [1.165, 1.54) is 24.3 Å². The van der Waals surface area contributed by atoms with Gasteiger partial charge in [-0.25, -0.2) is 4.39 Å². The normalized spacial score (nSPS) is 18.5. The summed E-state index contributed by atoms with van der Waals surface area (Å²) in [4.78, 5) is 40.5. The van der Waals surface area contributed by atoms with Gasteiger partial charge >= 0.3 is 0 Å². The van der Waals surface area contributed by atoms with E-state index in [0.29, 0.717) is 30.9 Å². The number of aromatic nitrogens is 1. The van der Waals surface area contributed by atoms with Crippen molar-refractivity contribution >= 4 is 17.5 Å². The molecule has 0 spiro atoms. The van der Waals surface area contributed by atoms with Crippen LogP contribution in [0.4, 0.5) is 10.1 Å². The van der Waals surface area contributed by atoms with Gasteiger partial charge in [-0.3, -0.25) is 14.4 Å². The Kier molecular flexibility index (Phi) is 6.11. The minimum atomic E-state index is -0.378. The van der Waals surface area contributed by atoms with Crippen molar-refractivity contribution in [3.63, 3.8) is 0 Å². The number of likely N-dealkylation sites (tertiary alicyclic amines) is 1. The highest BCUT2D eigenvalue weighted by atomic mass is 19.1. The van der Waals surface area contributed by atoms with Crippen molar-refractivity contribution in [2.75, 3.05) is 25.5 Å². The topological polar surface area (TPSA) is 80.6 Å². The summed E-state index contributed by atoms with van der Waals surface area (Å²) < 4.78 is 20.1. The van der Waals surface area contributed by atoms with Crippen molar-refractivity contribution in [2.45, 2.75) is 25.3 Å². The van der Waals surface area contributed by atoms with Crippen LogP contribution in [0.3, 0.4) is 0 Å². The van der Waals surface area contributed by atoms with Crippen LogP contribution in [0, 0.1) is 11.7 Å². The lowest BCUT2D eigenvalue weighted by molar-refractivity contribution is -0.115. The van der Waals surface area contributed by atoms with E-state index in [9.17, 15) is 18.8 Å². The van der Waals surface area contributed by atoms with Gasteiger partial charge in [0.05, 0.1) is 13.5 Å². The number of fused-ring (bicyclic) bond motifs is 4. The first kappa shape index (κ1) is 22.8. The molecule has 1 N–H and O–H groups in total. The molecule has 2 atom stereocenters. The molecule has 8 heteroatoms. The Bertz CT molecular complexity index is 1320. The average molecular weight is 476 g/mol. The second kappa shape index (κ2) is 9.37. The van der Waals surface area contributed by atoms with Gasteiger partial charge in [-0.1, -0.05) is 12.1 Å². The molecule has 3 heterocycles. The summed E-state index contributed by atoms with van der Waals surface area (Å²) in [7, 11) is 1.58. The molecule has 2 aliphatic rings. The zero-order chi connectivity index (χ0) is 24.5. The van der Waals surface area contributed by atoms with Crippen LogP contribution in [0.5, 0.6) is 5.75 Å². The molecule has 1 fully saturated rings. The van der Waals surface area contributed by atoms with Crippen LogP contribution >= 0.6 is 0 Å². The maximum Gasteiger partial charge on any atom is 0.274 e. The zero-order valence-electron chi connectivity index (χ0n) is 19.4. The Hall–Kier alpha value is -3.94. The van der Waals surface area contributed by atoms with Gasteiger partial charge in [-0.05, 0) is 66.4 Å². The molecule has 2 amide bonds. The third kappa shape index (κ3) is 4.69. The summed E-state index contributed by atoms with van der Waals surface area (Å²) in [6.07, 6.45) is 1.05. The third-order valence-electron chi connectivity index (χ3n) is 6.78. The number of rotatable bonds is 5. The molecular weight excluding hydrogens is 449 g/mol. The van der Waals surface area contributed by atoms with Crippen molar-refractivity contribution in [3.8, 4) is 5.75 Å². The zero-order valence-corrected chi connectivity index (χ0v) is 19.4. The van der Waals surface area contributed by atoms with Gasteiger partial charge in [0.25, 0.3) is 11.5 Å². The van der Waals surface area contributed by atoms with Crippen LogP contribution in [-0.4, -0.2) is 41.5 Å². The van der Waals surface area contributed by atoms with Gasteiger partial charge in [-0.2, -0.15) is 0 Å².